The number of likely N-dealkylation sites (tertiary alicyclic amines) is 1. The predicted octanol–water partition coefficient (Wildman–Crippen LogP) is 4.21. The molecule has 0 spiro atoms. The van der Waals surface area contributed by atoms with Crippen LogP contribution < -0.4 is 5.32 Å². The molecule has 1 aromatic carbocycles. The van der Waals surface area contributed by atoms with Gasteiger partial charge in [0.05, 0.1) is 0 Å². The summed E-state index contributed by atoms with van der Waals surface area (Å²) in [6, 6.07) is 6.30. The molecular weight excluding hydrogens is 396 g/mol. The lowest BCUT2D eigenvalue weighted by Crippen LogP contribution is -2.39. The van der Waals surface area contributed by atoms with Gasteiger partial charge in [0.15, 0.2) is 0 Å². The number of hydrogen-bond acceptors (Lipinski definition) is 2. The molecule has 0 aliphatic carbocycles. The van der Waals surface area contributed by atoms with Gasteiger partial charge in [-0.25, -0.2) is 0 Å². The molecule has 3 nitrogen and oxygen atoms in total. The fourth-order valence-electron chi connectivity index (χ4n) is 2.76. The van der Waals surface area contributed by atoms with Crippen molar-refractivity contribution < 1.29 is 4.79 Å². The highest BCUT2D eigenvalue weighted by molar-refractivity contribution is 9.11. The molecule has 1 atom stereocenters. The topological polar surface area (TPSA) is 32.3 Å². The molecule has 5 heteroatoms. The molecule has 1 heterocycles. The number of benzene rings is 1. The van der Waals surface area contributed by atoms with E-state index in [1.54, 1.807) is 0 Å². The molecule has 0 bridgehead atoms. The Morgan fingerprint density at radius 3 is 2.67 bits per heavy atom. The second-order valence-corrected chi connectivity index (χ2v) is 7.48. The highest BCUT2D eigenvalue weighted by atomic mass is 79.9. The number of hydrogen-bond donors (Lipinski definition) is 1. The molecule has 1 saturated heterocycles. The molecule has 2 rings (SSSR count). The first-order chi connectivity index (χ1) is 10.1. The van der Waals surface area contributed by atoms with Crippen molar-refractivity contribution in [2.45, 2.75) is 38.6 Å². The summed E-state index contributed by atoms with van der Waals surface area (Å²) in [5.74, 6) is -0.0105. The molecule has 1 amide bonds. The quantitative estimate of drug-likeness (QED) is 0.728. The van der Waals surface area contributed by atoms with Crippen LogP contribution in [0, 0.1) is 0 Å². The van der Waals surface area contributed by atoms with Crippen molar-refractivity contribution in [1.82, 2.24) is 10.2 Å². The summed E-state index contributed by atoms with van der Waals surface area (Å²) in [4.78, 5) is 14.6. The first-order valence-electron chi connectivity index (χ1n) is 7.54. The van der Waals surface area contributed by atoms with E-state index in [1.165, 1.54) is 25.8 Å². The fourth-order valence-corrected chi connectivity index (χ4v) is 4.05. The fraction of sp³-hybridized carbons (Fsp3) is 0.562. The van der Waals surface area contributed by atoms with E-state index < -0.39 is 0 Å². The Morgan fingerprint density at radius 2 is 2.00 bits per heavy atom. The van der Waals surface area contributed by atoms with Crippen LogP contribution in [0.15, 0.2) is 27.1 Å². The molecule has 0 saturated carbocycles. The van der Waals surface area contributed by atoms with Crippen molar-refractivity contribution in [1.29, 1.82) is 0 Å². The largest absolute Gasteiger partial charge is 0.352 e. The number of nitrogens with one attached hydrogen (secondary N) is 1. The number of carbonyl (C=O) groups is 1. The Bertz CT molecular complexity index is 473. The van der Waals surface area contributed by atoms with Gasteiger partial charge >= 0.3 is 0 Å². The number of nitrogens with zero attached hydrogens (tertiary/aromatic N) is 1. The van der Waals surface area contributed by atoms with Gasteiger partial charge in [0.1, 0.15) is 0 Å². The lowest BCUT2D eigenvalue weighted by atomic mass is 10.0. The van der Waals surface area contributed by atoms with E-state index in [2.05, 4.69) is 49.0 Å². The molecular formula is C16H22Br2N2O. The van der Waals surface area contributed by atoms with E-state index in [-0.39, 0.29) is 5.91 Å². The van der Waals surface area contributed by atoms with Gasteiger partial charge in [0.25, 0.3) is 5.91 Å². The monoisotopic (exact) mass is 416 g/mol. The van der Waals surface area contributed by atoms with Crippen LogP contribution in [0.25, 0.3) is 0 Å². The van der Waals surface area contributed by atoms with Gasteiger partial charge in [-0.15, -0.1) is 0 Å². The van der Waals surface area contributed by atoms with Crippen LogP contribution in [0.1, 0.15) is 43.0 Å². The zero-order valence-corrected chi connectivity index (χ0v) is 15.5. The number of rotatable bonds is 5. The standard InChI is InChI=1S/C16H22Br2N2O/c1-12-5-2-3-7-20(12)8-4-6-19-16(21)13-9-14(17)11-15(18)10-13/h9-12H,2-8H2,1H3,(H,19,21). The van der Waals surface area contributed by atoms with E-state index in [0.29, 0.717) is 11.6 Å². The minimum absolute atomic E-state index is 0.0105. The third-order valence-electron chi connectivity index (χ3n) is 3.97. The summed E-state index contributed by atoms with van der Waals surface area (Å²) in [6.45, 7) is 5.31. The average molecular weight is 418 g/mol. The van der Waals surface area contributed by atoms with Crippen molar-refractivity contribution in [3.8, 4) is 0 Å². The highest BCUT2D eigenvalue weighted by Gasteiger charge is 2.17. The van der Waals surface area contributed by atoms with Gasteiger partial charge in [-0.05, 0) is 50.9 Å². The molecule has 1 aromatic rings. The minimum Gasteiger partial charge on any atom is -0.352 e. The van der Waals surface area contributed by atoms with Crippen molar-refractivity contribution in [2.24, 2.45) is 0 Å². The lowest BCUT2D eigenvalue weighted by Gasteiger charge is -2.33. The van der Waals surface area contributed by atoms with E-state index in [0.717, 1.165) is 28.5 Å². The first kappa shape index (κ1) is 17.0. The number of carbonyl (C=O) groups excluding carboxylic acids is 1. The smallest absolute Gasteiger partial charge is 0.251 e. The number of piperidine rings is 1. The van der Waals surface area contributed by atoms with Crippen LogP contribution in [0.4, 0.5) is 0 Å². The second-order valence-electron chi connectivity index (χ2n) is 5.65. The molecule has 1 fully saturated rings. The molecule has 1 unspecified atom stereocenters. The van der Waals surface area contributed by atoms with E-state index >= 15 is 0 Å². The summed E-state index contributed by atoms with van der Waals surface area (Å²) < 4.78 is 1.81. The summed E-state index contributed by atoms with van der Waals surface area (Å²) in [6.07, 6.45) is 4.97. The molecule has 116 valence electrons. The molecule has 21 heavy (non-hydrogen) atoms. The van der Waals surface area contributed by atoms with Crippen LogP contribution in [-0.2, 0) is 0 Å². The van der Waals surface area contributed by atoms with Crippen LogP contribution in [0.3, 0.4) is 0 Å². The highest BCUT2D eigenvalue weighted by Crippen LogP contribution is 2.20. The molecule has 1 aliphatic rings. The molecule has 0 aromatic heterocycles. The maximum atomic E-state index is 12.1. The second kappa shape index (κ2) is 8.30. The van der Waals surface area contributed by atoms with Gasteiger partial charge in [0, 0.05) is 33.6 Å². The van der Waals surface area contributed by atoms with E-state index in [4.69, 9.17) is 0 Å². The zero-order chi connectivity index (χ0) is 15.2. The van der Waals surface area contributed by atoms with Crippen LogP contribution >= 0.6 is 31.9 Å². The Morgan fingerprint density at radius 1 is 1.29 bits per heavy atom. The van der Waals surface area contributed by atoms with Gasteiger partial charge in [-0.3, -0.25) is 4.79 Å². The van der Waals surface area contributed by atoms with E-state index in [1.807, 2.05) is 18.2 Å². The Hall–Kier alpha value is -0.390. The first-order valence-corrected chi connectivity index (χ1v) is 9.13. The van der Waals surface area contributed by atoms with Crippen molar-refractivity contribution >= 4 is 37.8 Å². The predicted molar refractivity (Wildman–Crippen MR) is 93.7 cm³/mol. The number of amides is 1. The SMILES string of the molecule is CC1CCCCN1CCCNC(=O)c1cc(Br)cc(Br)c1. The van der Waals surface area contributed by atoms with Crippen molar-refractivity contribution in [2.75, 3.05) is 19.6 Å². The molecule has 1 aliphatic heterocycles. The van der Waals surface area contributed by atoms with Crippen LogP contribution in [0.5, 0.6) is 0 Å². The Balaban J connectivity index is 1.74. The van der Waals surface area contributed by atoms with Gasteiger partial charge in [-0.2, -0.15) is 0 Å². The number of halogens is 2. The van der Waals surface area contributed by atoms with Crippen molar-refractivity contribution in [3.63, 3.8) is 0 Å². The third-order valence-corrected chi connectivity index (χ3v) is 4.89. The third kappa shape index (κ3) is 5.38. The van der Waals surface area contributed by atoms with Crippen molar-refractivity contribution in [3.05, 3.63) is 32.7 Å². The maximum Gasteiger partial charge on any atom is 0.251 e. The normalized spacial score (nSPS) is 19.5. The molecule has 0 radical (unpaired) electrons. The summed E-state index contributed by atoms with van der Waals surface area (Å²) >= 11 is 6.81. The summed E-state index contributed by atoms with van der Waals surface area (Å²) in [7, 11) is 0. The van der Waals surface area contributed by atoms with Gasteiger partial charge < -0.3 is 10.2 Å². The summed E-state index contributed by atoms with van der Waals surface area (Å²) in [5, 5.41) is 3.00. The zero-order valence-electron chi connectivity index (χ0n) is 12.4. The summed E-state index contributed by atoms with van der Waals surface area (Å²) in [5.41, 5.74) is 0.683. The lowest BCUT2D eigenvalue weighted by molar-refractivity contribution is 0.0948. The van der Waals surface area contributed by atoms with Crippen LogP contribution in [-0.4, -0.2) is 36.5 Å². The Labute approximate surface area is 143 Å². The van der Waals surface area contributed by atoms with Gasteiger partial charge in [0.2, 0.25) is 0 Å². The Kier molecular flexibility index (Phi) is 6.71. The maximum absolute atomic E-state index is 12.1. The van der Waals surface area contributed by atoms with Crippen LogP contribution in [0.2, 0.25) is 0 Å². The minimum atomic E-state index is -0.0105. The average Bonchev–Trinajstić information content (AvgIpc) is 2.44. The molecule has 1 N–H and O–H groups in total. The van der Waals surface area contributed by atoms with Gasteiger partial charge in [-0.1, -0.05) is 38.3 Å². The van der Waals surface area contributed by atoms with E-state index in [9.17, 15) is 4.79 Å².